The van der Waals surface area contributed by atoms with E-state index < -0.39 is 0 Å². The molecule has 1 amide bonds. The van der Waals surface area contributed by atoms with Gasteiger partial charge < -0.3 is 10.2 Å². The normalized spacial score (nSPS) is 24.9. The fourth-order valence-electron chi connectivity index (χ4n) is 3.82. The summed E-state index contributed by atoms with van der Waals surface area (Å²) >= 11 is 0. The number of carbonyl (C=O) groups excluding carboxylic acids is 1. The molecule has 0 saturated carbocycles. The second-order valence-corrected chi connectivity index (χ2v) is 6.81. The molecule has 0 spiro atoms. The summed E-state index contributed by atoms with van der Waals surface area (Å²) in [6, 6.07) is 8.70. The predicted octanol–water partition coefficient (Wildman–Crippen LogP) is 2.64. The van der Waals surface area contributed by atoms with Crippen molar-refractivity contribution in [1.82, 2.24) is 10.2 Å². The van der Waals surface area contributed by atoms with Gasteiger partial charge in [-0.1, -0.05) is 31.2 Å². The van der Waals surface area contributed by atoms with Crippen LogP contribution in [0.3, 0.4) is 0 Å². The van der Waals surface area contributed by atoms with Gasteiger partial charge >= 0.3 is 0 Å². The van der Waals surface area contributed by atoms with E-state index in [2.05, 4.69) is 41.4 Å². The van der Waals surface area contributed by atoms with Gasteiger partial charge in [0.25, 0.3) is 0 Å². The Morgan fingerprint density at radius 1 is 1.09 bits per heavy atom. The third-order valence-corrected chi connectivity index (χ3v) is 5.43. The van der Waals surface area contributed by atoms with Crippen LogP contribution in [0.2, 0.25) is 0 Å². The lowest BCUT2D eigenvalue weighted by molar-refractivity contribution is -0.131. The molecule has 0 unspecified atom stereocenters. The molecule has 2 aliphatic rings. The first-order chi connectivity index (χ1) is 10.8. The molecule has 120 valence electrons. The monoisotopic (exact) mass is 300 g/mol. The van der Waals surface area contributed by atoms with Gasteiger partial charge in [0.15, 0.2) is 0 Å². The largest absolute Gasteiger partial charge is 0.343 e. The molecule has 3 heteroatoms. The van der Waals surface area contributed by atoms with Crippen LogP contribution < -0.4 is 5.32 Å². The molecule has 2 atom stereocenters. The third-order valence-electron chi connectivity index (χ3n) is 5.43. The van der Waals surface area contributed by atoms with Crippen LogP contribution in [-0.4, -0.2) is 37.0 Å². The standard InChI is InChI=1S/C19H28N2O/c1-2-15-3-5-16(6-4-15)7-8-19(22)21-11-9-17-13-20-14-18(17)10-12-21/h3-6,17-18,20H,2,7-14H2,1H3/t17-,18+. The van der Waals surface area contributed by atoms with Gasteiger partial charge in [0, 0.05) is 19.5 Å². The Hall–Kier alpha value is -1.35. The topological polar surface area (TPSA) is 32.3 Å². The summed E-state index contributed by atoms with van der Waals surface area (Å²) in [5, 5.41) is 3.49. The van der Waals surface area contributed by atoms with Crippen LogP contribution in [0.15, 0.2) is 24.3 Å². The molecule has 3 rings (SSSR count). The highest BCUT2D eigenvalue weighted by molar-refractivity contribution is 5.76. The lowest BCUT2D eigenvalue weighted by Gasteiger charge is -2.21. The summed E-state index contributed by atoms with van der Waals surface area (Å²) in [6.45, 7) is 6.38. The Morgan fingerprint density at radius 3 is 2.27 bits per heavy atom. The first-order valence-corrected chi connectivity index (χ1v) is 8.82. The maximum absolute atomic E-state index is 12.5. The maximum Gasteiger partial charge on any atom is 0.222 e. The first kappa shape index (κ1) is 15.5. The van der Waals surface area contributed by atoms with E-state index in [0.717, 1.165) is 50.9 Å². The fraction of sp³-hybridized carbons (Fsp3) is 0.632. The van der Waals surface area contributed by atoms with Crippen molar-refractivity contribution in [3.63, 3.8) is 0 Å². The maximum atomic E-state index is 12.5. The summed E-state index contributed by atoms with van der Waals surface area (Å²) in [5.41, 5.74) is 2.64. The average molecular weight is 300 g/mol. The molecule has 1 aromatic carbocycles. The number of aryl methyl sites for hydroxylation is 2. The number of hydrogen-bond acceptors (Lipinski definition) is 2. The number of likely N-dealkylation sites (tertiary alicyclic amines) is 1. The molecule has 0 aromatic heterocycles. The molecule has 2 aliphatic heterocycles. The Kier molecular flexibility index (Phi) is 5.14. The number of nitrogens with zero attached hydrogens (tertiary/aromatic N) is 1. The van der Waals surface area contributed by atoms with Crippen LogP contribution in [0, 0.1) is 11.8 Å². The van der Waals surface area contributed by atoms with Gasteiger partial charge in [-0.05, 0) is 61.7 Å². The first-order valence-electron chi connectivity index (χ1n) is 8.82. The third kappa shape index (κ3) is 3.70. The molecule has 22 heavy (non-hydrogen) atoms. The van der Waals surface area contributed by atoms with Crippen molar-refractivity contribution in [2.75, 3.05) is 26.2 Å². The Balaban J connectivity index is 1.48. The zero-order chi connectivity index (χ0) is 15.4. The van der Waals surface area contributed by atoms with Gasteiger partial charge in [-0.3, -0.25) is 4.79 Å². The van der Waals surface area contributed by atoms with Gasteiger partial charge in [0.1, 0.15) is 0 Å². The van der Waals surface area contributed by atoms with E-state index in [0.29, 0.717) is 12.3 Å². The molecular formula is C19H28N2O. The van der Waals surface area contributed by atoms with Crippen LogP contribution in [0.25, 0.3) is 0 Å². The zero-order valence-corrected chi connectivity index (χ0v) is 13.7. The summed E-state index contributed by atoms with van der Waals surface area (Å²) in [4.78, 5) is 14.6. The highest BCUT2D eigenvalue weighted by Gasteiger charge is 2.31. The van der Waals surface area contributed by atoms with Gasteiger partial charge in [-0.2, -0.15) is 0 Å². The highest BCUT2D eigenvalue weighted by atomic mass is 16.2. The molecule has 1 N–H and O–H groups in total. The van der Waals surface area contributed by atoms with E-state index in [1.54, 1.807) is 0 Å². The Morgan fingerprint density at radius 2 is 1.68 bits per heavy atom. The lowest BCUT2D eigenvalue weighted by Crippen LogP contribution is -2.32. The molecule has 0 bridgehead atoms. The number of rotatable bonds is 4. The van der Waals surface area contributed by atoms with Crippen LogP contribution in [0.1, 0.15) is 37.3 Å². The van der Waals surface area contributed by atoms with Gasteiger partial charge in [-0.15, -0.1) is 0 Å². The van der Waals surface area contributed by atoms with Crippen molar-refractivity contribution in [1.29, 1.82) is 0 Å². The van der Waals surface area contributed by atoms with E-state index in [9.17, 15) is 4.79 Å². The van der Waals surface area contributed by atoms with Crippen LogP contribution in [0.4, 0.5) is 0 Å². The minimum Gasteiger partial charge on any atom is -0.343 e. The van der Waals surface area contributed by atoms with Crippen molar-refractivity contribution in [2.24, 2.45) is 11.8 Å². The fourth-order valence-corrected chi connectivity index (χ4v) is 3.82. The van der Waals surface area contributed by atoms with Crippen LogP contribution >= 0.6 is 0 Å². The van der Waals surface area contributed by atoms with Crippen molar-refractivity contribution in [3.8, 4) is 0 Å². The van der Waals surface area contributed by atoms with Crippen molar-refractivity contribution in [3.05, 3.63) is 35.4 Å². The number of fused-ring (bicyclic) bond motifs is 1. The van der Waals surface area contributed by atoms with Crippen molar-refractivity contribution in [2.45, 2.75) is 39.0 Å². The number of amides is 1. The van der Waals surface area contributed by atoms with E-state index in [4.69, 9.17) is 0 Å². The van der Waals surface area contributed by atoms with Crippen LogP contribution in [-0.2, 0) is 17.6 Å². The molecular weight excluding hydrogens is 272 g/mol. The minimum atomic E-state index is 0.340. The second kappa shape index (κ2) is 7.28. The number of hydrogen-bond donors (Lipinski definition) is 1. The van der Waals surface area contributed by atoms with Gasteiger partial charge in [0.05, 0.1) is 0 Å². The highest BCUT2D eigenvalue weighted by Crippen LogP contribution is 2.27. The minimum absolute atomic E-state index is 0.340. The summed E-state index contributed by atoms with van der Waals surface area (Å²) in [7, 11) is 0. The molecule has 1 aromatic rings. The lowest BCUT2D eigenvalue weighted by atomic mass is 9.92. The molecule has 0 radical (unpaired) electrons. The SMILES string of the molecule is CCc1ccc(CCC(=O)N2CC[C@@H]3CNC[C@@H]3CC2)cc1. The molecule has 2 saturated heterocycles. The summed E-state index contributed by atoms with van der Waals surface area (Å²) in [5.74, 6) is 1.92. The van der Waals surface area contributed by atoms with E-state index in [1.807, 2.05) is 0 Å². The van der Waals surface area contributed by atoms with E-state index >= 15 is 0 Å². The van der Waals surface area contributed by atoms with Crippen molar-refractivity contribution < 1.29 is 4.79 Å². The molecule has 3 nitrogen and oxygen atoms in total. The quantitative estimate of drug-likeness (QED) is 0.927. The smallest absolute Gasteiger partial charge is 0.222 e. The predicted molar refractivity (Wildman–Crippen MR) is 89.8 cm³/mol. The second-order valence-electron chi connectivity index (χ2n) is 6.81. The van der Waals surface area contributed by atoms with E-state index in [1.165, 1.54) is 24.0 Å². The number of nitrogens with one attached hydrogen (secondary N) is 1. The van der Waals surface area contributed by atoms with Gasteiger partial charge in [-0.25, -0.2) is 0 Å². The van der Waals surface area contributed by atoms with Gasteiger partial charge in [0.2, 0.25) is 5.91 Å². The summed E-state index contributed by atoms with van der Waals surface area (Å²) < 4.78 is 0. The van der Waals surface area contributed by atoms with E-state index in [-0.39, 0.29) is 0 Å². The molecule has 0 aliphatic carbocycles. The Bertz CT molecular complexity index is 483. The van der Waals surface area contributed by atoms with Crippen molar-refractivity contribution >= 4 is 5.91 Å². The number of carbonyl (C=O) groups is 1. The molecule has 2 heterocycles. The zero-order valence-electron chi connectivity index (χ0n) is 13.7. The van der Waals surface area contributed by atoms with Crippen LogP contribution in [0.5, 0.6) is 0 Å². The molecule has 2 fully saturated rings. The summed E-state index contributed by atoms with van der Waals surface area (Å²) in [6.07, 6.45) is 4.94. The average Bonchev–Trinajstić information content (AvgIpc) is 2.91. The Labute approximate surface area is 134 Å². The number of benzene rings is 1.